The molecule has 0 N–H and O–H groups in total. The van der Waals surface area contributed by atoms with E-state index in [1.165, 1.54) is 10.9 Å². The van der Waals surface area contributed by atoms with Gasteiger partial charge in [-0.1, -0.05) is 91.2 Å². The third-order valence-electron chi connectivity index (χ3n) is 3.13. The van der Waals surface area contributed by atoms with Crippen LogP contribution in [-0.2, 0) is 0 Å². The molecule has 2 heteroatoms. The summed E-state index contributed by atoms with van der Waals surface area (Å²) in [6.07, 6.45) is 0.588. The maximum atomic E-state index is 2.44. The van der Waals surface area contributed by atoms with Crippen molar-refractivity contribution in [3.8, 4) is 0 Å². The molecule has 0 radical (unpaired) electrons. The highest BCUT2D eigenvalue weighted by molar-refractivity contribution is 7.41. The van der Waals surface area contributed by atoms with Crippen molar-refractivity contribution < 1.29 is 0 Å². The molecule has 0 nitrogen and oxygen atoms in total. The molecule has 0 heterocycles. The molecule has 2 rings (SSSR count). The fourth-order valence-electron chi connectivity index (χ4n) is 2.48. The lowest BCUT2D eigenvalue weighted by Crippen LogP contribution is -2.59. The van der Waals surface area contributed by atoms with Gasteiger partial charge in [-0.25, -0.2) is 0 Å². The molecule has 0 amide bonds. The highest BCUT2D eigenvalue weighted by atomic mass is 28.3. The lowest BCUT2D eigenvalue weighted by atomic mass is 9.61. The third kappa shape index (κ3) is 2.89. The normalized spacial score (nSPS) is 11.2. The Hall–Kier alpha value is -1.28. The average molecular weight is 238 g/mol. The maximum absolute atomic E-state index is 2.44. The Morgan fingerprint density at radius 2 is 1.00 bits per heavy atom. The van der Waals surface area contributed by atoms with Crippen LogP contribution in [0.3, 0.4) is 0 Å². The van der Waals surface area contributed by atoms with Gasteiger partial charge in [0.15, 0.2) is 0 Å². The van der Waals surface area contributed by atoms with Gasteiger partial charge >= 0.3 is 0 Å². The first kappa shape index (κ1) is 12.2. The van der Waals surface area contributed by atoms with Gasteiger partial charge in [-0.05, 0) is 0 Å². The molecule has 0 unspecified atom stereocenters. The molecule has 2 aromatic carbocycles. The van der Waals surface area contributed by atoms with Crippen LogP contribution in [0.4, 0.5) is 0 Å². The van der Waals surface area contributed by atoms with Crippen molar-refractivity contribution in [3.63, 3.8) is 0 Å². The monoisotopic (exact) mass is 238 g/mol. The summed E-state index contributed by atoms with van der Waals surface area (Å²) in [5.74, 6) is 0. The second-order valence-electron chi connectivity index (χ2n) is 5.62. The Balaban J connectivity index is 2.48. The van der Waals surface area contributed by atoms with E-state index in [4.69, 9.17) is 0 Å². The van der Waals surface area contributed by atoms with Crippen LogP contribution in [0.5, 0.6) is 0 Å². The van der Waals surface area contributed by atoms with Crippen molar-refractivity contribution in [3.05, 3.63) is 60.7 Å². The van der Waals surface area contributed by atoms with E-state index in [1.807, 2.05) is 0 Å². The van der Waals surface area contributed by atoms with E-state index in [1.54, 1.807) is 0 Å². The highest BCUT2D eigenvalue weighted by Gasteiger charge is 2.33. The Bertz CT molecular complexity index is 420. The van der Waals surface area contributed by atoms with E-state index < -0.39 is 7.94 Å². The van der Waals surface area contributed by atoms with Gasteiger partial charge in [-0.15, -0.1) is 0 Å². The molecule has 0 aliphatic carbocycles. The minimum Gasteiger partial charge on any atom is -0.0772 e. The molecular weight excluding hydrogens is 219 g/mol. The van der Waals surface area contributed by atoms with Crippen molar-refractivity contribution >= 4 is 25.2 Å². The van der Waals surface area contributed by atoms with Crippen molar-refractivity contribution in [2.45, 2.75) is 19.6 Å². The van der Waals surface area contributed by atoms with E-state index in [0.717, 1.165) is 0 Å². The summed E-state index contributed by atoms with van der Waals surface area (Å²) in [4.78, 5) is 0. The number of hydrogen-bond acceptors (Lipinski definition) is 0. The minimum absolute atomic E-state index is 0.588. The summed E-state index contributed by atoms with van der Waals surface area (Å²) in [6.45, 7) is 7.33. The summed E-state index contributed by atoms with van der Waals surface area (Å²) in [7, 11) is -1.27. The molecule has 0 saturated heterocycles. The fourth-order valence-corrected chi connectivity index (χ4v) is 4.87. The average Bonchev–Trinajstić information content (AvgIpc) is 2.30. The predicted octanol–water partition coefficient (Wildman–Crippen LogP) is 2.71. The SMILES string of the molecule is C[Si](C)(C)B(c1ccccc1)c1ccccc1. The first-order valence-electron chi connectivity index (χ1n) is 6.19. The smallest absolute Gasteiger partial charge is 0.0772 e. The Morgan fingerprint density at radius 3 is 1.29 bits per heavy atom. The van der Waals surface area contributed by atoms with E-state index in [0.29, 0.717) is 6.31 Å². The van der Waals surface area contributed by atoms with E-state index in [2.05, 4.69) is 80.3 Å². The van der Waals surface area contributed by atoms with Gasteiger partial charge in [0, 0.05) is 7.94 Å². The van der Waals surface area contributed by atoms with Crippen LogP contribution < -0.4 is 10.9 Å². The summed E-state index contributed by atoms with van der Waals surface area (Å²) in [6, 6.07) is 21.8. The van der Waals surface area contributed by atoms with Crippen molar-refractivity contribution in [1.82, 2.24) is 0 Å². The third-order valence-corrected chi connectivity index (χ3v) is 5.53. The molecule has 0 spiro atoms. The Labute approximate surface area is 106 Å². The molecule has 0 atom stereocenters. The molecule has 17 heavy (non-hydrogen) atoms. The van der Waals surface area contributed by atoms with Gasteiger partial charge in [0.25, 0.3) is 0 Å². The number of benzene rings is 2. The largest absolute Gasteiger partial charge is 0.201 e. The molecule has 0 aliphatic rings. The van der Waals surface area contributed by atoms with Gasteiger partial charge < -0.3 is 0 Å². The van der Waals surface area contributed by atoms with Gasteiger partial charge in [-0.2, -0.15) is 0 Å². The lowest BCUT2D eigenvalue weighted by molar-refractivity contribution is 1.72. The molecule has 0 aromatic heterocycles. The van der Waals surface area contributed by atoms with Gasteiger partial charge in [0.1, 0.15) is 0 Å². The standard InChI is InChI=1S/C15H19BSi/c1-17(2,3)16(14-10-6-4-7-11-14)15-12-8-5-9-13-15/h4-13H,1-3H3. The van der Waals surface area contributed by atoms with Crippen LogP contribution in [-0.4, -0.2) is 14.2 Å². The van der Waals surface area contributed by atoms with Gasteiger partial charge in [0.05, 0.1) is 0 Å². The van der Waals surface area contributed by atoms with E-state index >= 15 is 0 Å². The minimum atomic E-state index is -1.27. The van der Waals surface area contributed by atoms with E-state index in [-0.39, 0.29) is 0 Å². The summed E-state index contributed by atoms with van der Waals surface area (Å²) in [5, 5.41) is 0. The second kappa shape index (κ2) is 4.93. The summed E-state index contributed by atoms with van der Waals surface area (Å²) >= 11 is 0. The Morgan fingerprint density at radius 1 is 0.647 bits per heavy atom. The van der Waals surface area contributed by atoms with Crippen molar-refractivity contribution in [2.24, 2.45) is 0 Å². The molecule has 0 fully saturated rings. The van der Waals surface area contributed by atoms with Crippen LogP contribution in [0, 0.1) is 0 Å². The van der Waals surface area contributed by atoms with Crippen LogP contribution >= 0.6 is 0 Å². The maximum Gasteiger partial charge on any atom is 0.201 e. The zero-order valence-electron chi connectivity index (χ0n) is 10.9. The van der Waals surface area contributed by atoms with Crippen LogP contribution in [0.2, 0.25) is 19.6 Å². The molecule has 0 bridgehead atoms. The van der Waals surface area contributed by atoms with Crippen LogP contribution in [0.25, 0.3) is 0 Å². The topological polar surface area (TPSA) is 0 Å². The molecule has 0 aliphatic heterocycles. The quantitative estimate of drug-likeness (QED) is 0.721. The zero-order valence-corrected chi connectivity index (χ0v) is 11.9. The predicted molar refractivity (Wildman–Crippen MR) is 81.3 cm³/mol. The number of hydrogen-bond donors (Lipinski definition) is 0. The van der Waals surface area contributed by atoms with Gasteiger partial charge in [-0.3, -0.25) is 0 Å². The second-order valence-corrected chi connectivity index (χ2v) is 10.9. The summed E-state index contributed by atoms with van der Waals surface area (Å²) < 4.78 is 0. The molecule has 86 valence electrons. The fraction of sp³-hybridized carbons (Fsp3) is 0.200. The first-order valence-corrected chi connectivity index (χ1v) is 9.76. The first-order chi connectivity index (χ1) is 8.09. The number of rotatable bonds is 3. The highest BCUT2D eigenvalue weighted by Crippen LogP contribution is 2.07. The van der Waals surface area contributed by atoms with Crippen molar-refractivity contribution in [1.29, 1.82) is 0 Å². The van der Waals surface area contributed by atoms with Crippen LogP contribution in [0.15, 0.2) is 60.7 Å². The lowest BCUT2D eigenvalue weighted by Gasteiger charge is -2.26. The molecule has 2 aromatic rings. The molecule has 0 saturated carbocycles. The van der Waals surface area contributed by atoms with Crippen molar-refractivity contribution in [2.75, 3.05) is 0 Å². The summed E-state index contributed by atoms with van der Waals surface area (Å²) in [5.41, 5.74) is 2.91. The molecular formula is C15H19BSi. The van der Waals surface area contributed by atoms with Crippen LogP contribution in [0.1, 0.15) is 0 Å². The Kier molecular flexibility index (Phi) is 3.53. The zero-order chi connectivity index (χ0) is 12.3. The van der Waals surface area contributed by atoms with Gasteiger partial charge in [0.2, 0.25) is 6.31 Å². The van der Waals surface area contributed by atoms with E-state index in [9.17, 15) is 0 Å².